The van der Waals surface area contributed by atoms with Gasteiger partial charge in [-0.1, -0.05) is 71.9 Å². The SMILES string of the molecule is COc1cccc(-c2nnc(SCc3nc(C(=O)N4CCC(Cc5ccccc5)CC4)cs3)n2-c2ccc(C)cc2)c1. The van der Waals surface area contributed by atoms with Gasteiger partial charge in [-0.25, -0.2) is 4.98 Å². The predicted octanol–water partition coefficient (Wildman–Crippen LogP) is 7.10. The van der Waals surface area contributed by atoms with E-state index in [-0.39, 0.29) is 5.91 Å². The molecule has 1 fully saturated rings. The van der Waals surface area contributed by atoms with Crippen molar-refractivity contribution in [1.82, 2.24) is 24.6 Å². The lowest BCUT2D eigenvalue weighted by molar-refractivity contribution is 0.0685. The fraction of sp³-hybridized carbons (Fsp3) is 0.273. The molecule has 0 saturated carbocycles. The third kappa shape index (κ3) is 6.42. The van der Waals surface area contributed by atoms with Gasteiger partial charge in [0, 0.05) is 29.7 Å². The first kappa shape index (κ1) is 28.2. The molecule has 0 aliphatic carbocycles. The van der Waals surface area contributed by atoms with Gasteiger partial charge in [-0.15, -0.1) is 21.5 Å². The van der Waals surface area contributed by atoms with Crippen LogP contribution in [0.25, 0.3) is 17.1 Å². The Morgan fingerprint density at radius 1 is 1.00 bits per heavy atom. The van der Waals surface area contributed by atoms with Gasteiger partial charge in [0.05, 0.1) is 12.9 Å². The molecule has 0 spiro atoms. The molecule has 6 rings (SSSR count). The number of aromatic nitrogens is 4. The molecule has 3 aromatic carbocycles. The number of ether oxygens (including phenoxy) is 1. The normalized spacial score (nSPS) is 13.8. The topological polar surface area (TPSA) is 73.1 Å². The maximum Gasteiger partial charge on any atom is 0.273 e. The van der Waals surface area contributed by atoms with E-state index in [1.807, 2.05) is 34.5 Å². The van der Waals surface area contributed by atoms with Crippen LogP contribution in [0.1, 0.15) is 39.5 Å². The maximum atomic E-state index is 13.3. The van der Waals surface area contributed by atoms with Crippen molar-refractivity contribution >= 4 is 29.0 Å². The van der Waals surface area contributed by atoms with Gasteiger partial charge in [0.1, 0.15) is 16.5 Å². The Labute approximate surface area is 254 Å². The molecule has 3 heterocycles. The number of aryl methyl sites for hydroxylation is 1. The zero-order valence-electron chi connectivity index (χ0n) is 23.8. The van der Waals surface area contributed by atoms with E-state index in [9.17, 15) is 4.79 Å². The minimum atomic E-state index is 0.0313. The smallest absolute Gasteiger partial charge is 0.273 e. The average Bonchev–Trinajstić information content (AvgIpc) is 3.69. The molecule has 0 radical (unpaired) electrons. The molecule has 1 aliphatic heterocycles. The number of hydrogen-bond acceptors (Lipinski definition) is 7. The minimum absolute atomic E-state index is 0.0313. The molecule has 0 bridgehead atoms. The van der Waals surface area contributed by atoms with E-state index < -0.39 is 0 Å². The summed E-state index contributed by atoms with van der Waals surface area (Å²) in [7, 11) is 1.66. The number of thioether (sulfide) groups is 1. The standard InChI is InChI=1S/C33H33N5O2S2/c1-23-11-13-27(14-12-23)38-31(26-9-6-10-28(20-26)40-2)35-36-33(38)42-22-30-34-29(21-41-30)32(39)37-17-15-25(16-18-37)19-24-7-4-3-5-8-24/h3-14,20-21,25H,15-19,22H2,1-2H3. The van der Waals surface area contributed by atoms with Crippen molar-refractivity contribution in [2.75, 3.05) is 20.2 Å². The number of thiazole rings is 1. The lowest BCUT2D eigenvalue weighted by atomic mass is 9.90. The van der Waals surface area contributed by atoms with E-state index in [0.717, 1.165) is 65.3 Å². The molecule has 9 heteroatoms. The van der Waals surface area contributed by atoms with Crippen molar-refractivity contribution in [3.63, 3.8) is 0 Å². The van der Waals surface area contributed by atoms with Gasteiger partial charge in [0.25, 0.3) is 5.91 Å². The first-order chi connectivity index (χ1) is 20.6. The van der Waals surface area contributed by atoms with E-state index in [0.29, 0.717) is 17.4 Å². The van der Waals surface area contributed by atoms with Crippen LogP contribution in [-0.4, -0.2) is 50.8 Å². The van der Waals surface area contributed by atoms with Crippen LogP contribution in [0, 0.1) is 12.8 Å². The summed E-state index contributed by atoms with van der Waals surface area (Å²) in [6.45, 7) is 3.64. The molecule has 0 unspecified atom stereocenters. The summed E-state index contributed by atoms with van der Waals surface area (Å²) < 4.78 is 7.51. The zero-order valence-corrected chi connectivity index (χ0v) is 25.4. The van der Waals surface area contributed by atoms with Crippen LogP contribution in [0.5, 0.6) is 5.75 Å². The van der Waals surface area contributed by atoms with E-state index in [4.69, 9.17) is 9.72 Å². The van der Waals surface area contributed by atoms with Crippen molar-refractivity contribution in [2.24, 2.45) is 5.92 Å². The number of carbonyl (C=O) groups is 1. The van der Waals surface area contributed by atoms with Gasteiger partial charge in [-0.3, -0.25) is 9.36 Å². The van der Waals surface area contributed by atoms with E-state index in [2.05, 4.69) is 76.3 Å². The molecule has 2 aromatic heterocycles. The quantitative estimate of drug-likeness (QED) is 0.169. The third-order valence-corrected chi connectivity index (χ3v) is 9.59. The van der Waals surface area contributed by atoms with Crippen LogP contribution < -0.4 is 4.74 Å². The summed E-state index contributed by atoms with van der Waals surface area (Å²) in [4.78, 5) is 19.9. The molecule has 0 N–H and O–H groups in total. The number of amides is 1. The van der Waals surface area contributed by atoms with Crippen LogP contribution in [0.2, 0.25) is 0 Å². The number of hydrogen-bond donors (Lipinski definition) is 0. The van der Waals surface area contributed by atoms with E-state index >= 15 is 0 Å². The van der Waals surface area contributed by atoms with E-state index in [1.54, 1.807) is 18.9 Å². The Bertz CT molecular complexity index is 1640. The van der Waals surface area contributed by atoms with Crippen LogP contribution in [0.3, 0.4) is 0 Å². The largest absolute Gasteiger partial charge is 0.497 e. The first-order valence-electron chi connectivity index (χ1n) is 14.1. The summed E-state index contributed by atoms with van der Waals surface area (Å²) >= 11 is 3.09. The highest BCUT2D eigenvalue weighted by atomic mass is 32.2. The summed E-state index contributed by atoms with van der Waals surface area (Å²) in [5, 5.41) is 12.7. The lowest BCUT2D eigenvalue weighted by Crippen LogP contribution is -2.39. The summed E-state index contributed by atoms with van der Waals surface area (Å²) in [5.41, 5.74) is 5.00. The Balaban J connectivity index is 1.13. The molecule has 42 heavy (non-hydrogen) atoms. The average molecular weight is 596 g/mol. The van der Waals surface area contributed by atoms with Gasteiger partial charge in [-0.2, -0.15) is 0 Å². The Morgan fingerprint density at radius 2 is 1.79 bits per heavy atom. The molecule has 1 saturated heterocycles. The van der Waals surface area contributed by atoms with Crippen LogP contribution in [0.15, 0.2) is 89.4 Å². The van der Waals surface area contributed by atoms with Crippen molar-refractivity contribution in [2.45, 2.75) is 37.1 Å². The maximum absolute atomic E-state index is 13.3. The van der Waals surface area contributed by atoms with Crippen LogP contribution in [-0.2, 0) is 12.2 Å². The molecule has 0 atom stereocenters. The molecule has 7 nitrogen and oxygen atoms in total. The fourth-order valence-electron chi connectivity index (χ4n) is 5.29. The summed E-state index contributed by atoms with van der Waals surface area (Å²) in [6, 6.07) is 26.8. The van der Waals surface area contributed by atoms with Gasteiger partial charge in [0.2, 0.25) is 0 Å². The lowest BCUT2D eigenvalue weighted by Gasteiger charge is -2.31. The second-order valence-electron chi connectivity index (χ2n) is 10.5. The highest BCUT2D eigenvalue weighted by Crippen LogP contribution is 2.32. The number of nitrogens with zero attached hydrogens (tertiary/aromatic N) is 5. The zero-order chi connectivity index (χ0) is 28.9. The van der Waals surface area contributed by atoms with Crippen molar-refractivity contribution in [1.29, 1.82) is 0 Å². The number of likely N-dealkylation sites (tertiary alicyclic amines) is 1. The number of rotatable bonds is 9. The van der Waals surface area contributed by atoms with E-state index in [1.165, 1.54) is 22.5 Å². The van der Waals surface area contributed by atoms with Crippen molar-refractivity contribution in [3.05, 3.63) is 106 Å². The second-order valence-corrected chi connectivity index (χ2v) is 12.4. The first-order valence-corrected chi connectivity index (χ1v) is 16.0. The van der Waals surface area contributed by atoms with Crippen LogP contribution in [0.4, 0.5) is 0 Å². The molecule has 1 aliphatic rings. The molecule has 214 valence electrons. The number of piperidine rings is 1. The third-order valence-electron chi connectivity index (χ3n) is 7.62. The van der Waals surface area contributed by atoms with Gasteiger partial charge in [0.15, 0.2) is 11.0 Å². The van der Waals surface area contributed by atoms with Crippen LogP contribution >= 0.6 is 23.1 Å². The number of carbonyl (C=O) groups excluding carboxylic acids is 1. The Hall–Kier alpha value is -3.95. The van der Waals surface area contributed by atoms with Crippen molar-refractivity contribution < 1.29 is 9.53 Å². The molecular weight excluding hydrogens is 563 g/mol. The van der Waals surface area contributed by atoms with Gasteiger partial charge in [-0.05, 0) is 61.9 Å². The number of methoxy groups -OCH3 is 1. The van der Waals surface area contributed by atoms with Gasteiger partial charge < -0.3 is 9.64 Å². The monoisotopic (exact) mass is 595 g/mol. The Morgan fingerprint density at radius 3 is 2.55 bits per heavy atom. The highest BCUT2D eigenvalue weighted by molar-refractivity contribution is 7.98. The van der Waals surface area contributed by atoms with Gasteiger partial charge >= 0.3 is 0 Å². The molecule has 1 amide bonds. The second kappa shape index (κ2) is 12.9. The Kier molecular flexibility index (Phi) is 8.67. The summed E-state index contributed by atoms with van der Waals surface area (Å²) in [6.07, 6.45) is 3.13. The molecular formula is C33H33N5O2S2. The predicted molar refractivity (Wildman–Crippen MR) is 169 cm³/mol. The van der Waals surface area contributed by atoms with Crippen molar-refractivity contribution in [3.8, 4) is 22.8 Å². The minimum Gasteiger partial charge on any atom is -0.497 e. The summed E-state index contributed by atoms with van der Waals surface area (Å²) in [5.74, 6) is 2.75. The highest BCUT2D eigenvalue weighted by Gasteiger charge is 2.25. The number of benzene rings is 3. The molecule has 5 aromatic rings. The fourth-order valence-corrected chi connectivity index (χ4v) is 7.03.